The number of nitrogens with two attached hydrogens (primary N) is 1. The molecule has 21 atom stereocenters. The summed E-state index contributed by atoms with van der Waals surface area (Å²) in [6.07, 6.45) is -6.86. The number of epoxide rings is 2. The predicted octanol–water partition coefficient (Wildman–Crippen LogP) is 0.382. The van der Waals surface area contributed by atoms with Gasteiger partial charge in [0.2, 0.25) is 5.60 Å². The molecule has 2 unspecified atom stereocenters. The number of esters is 5. The van der Waals surface area contributed by atoms with E-state index in [1.54, 1.807) is 6.92 Å². The van der Waals surface area contributed by atoms with Gasteiger partial charge in [0, 0.05) is 68.2 Å². The lowest BCUT2D eigenvalue weighted by molar-refractivity contribution is -0.285. The lowest BCUT2D eigenvalue weighted by Gasteiger charge is -2.67. The van der Waals surface area contributed by atoms with Gasteiger partial charge in [-0.3, -0.25) is 19.2 Å². The molecule has 15 nitrogen and oxygen atoms in total. The van der Waals surface area contributed by atoms with Crippen molar-refractivity contribution in [1.29, 1.82) is 0 Å². The van der Waals surface area contributed by atoms with Crippen molar-refractivity contribution in [2.24, 2.45) is 63.4 Å². The van der Waals surface area contributed by atoms with Gasteiger partial charge in [-0.2, -0.15) is 0 Å². The lowest BCUT2D eigenvalue weighted by Crippen LogP contribution is -2.76. The topological polar surface area (TPSA) is 223 Å². The fraction of sp³-hybridized carbons (Fsp3) is 0.861. The summed E-state index contributed by atoms with van der Waals surface area (Å²) in [6.45, 7) is 13.8. The second-order valence-electron chi connectivity index (χ2n) is 17.4. The minimum Gasteiger partial charge on any atom is -0.461 e. The Labute approximate surface area is 295 Å². The number of hydrogen-bond donors (Lipinski definition) is 3. The van der Waals surface area contributed by atoms with E-state index < -0.39 is 148 Å². The highest BCUT2D eigenvalue weighted by Gasteiger charge is 2.94. The third-order valence-electron chi connectivity index (χ3n) is 15.4. The van der Waals surface area contributed by atoms with Crippen molar-refractivity contribution in [3.63, 3.8) is 0 Å². The highest BCUT2D eigenvalue weighted by Crippen LogP contribution is 2.81. The van der Waals surface area contributed by atoms with E-state index >= 15 is 0 Å². The van der Waals surface area contributed by atoms with E-state index in [1.165, 1.54) is 34.6 Å². The number of carbonyl (C=O) groups excluding carboxylic acids is 5. The van der Waals surface area contributed by atoms with Crippen LogP contribution >= 0.6 is 0 Å². The number of fused-ring (bicyclic) bond motifs is 9. The van der Waals surface area contributed by atoms with Crippen molar-refractivity contribution >= 4 is 29.8 Å². The smallest absolute Gasteiger partial charge is 0.353 e. The number of hydrogen-bond acceptors (Lipinski definition) is 15. The Hall–Kier alpha value is -2.85. The fourth-order valence-corrected chi connectivity index (χ4v) is 13.6. The van der Waals surface area contributed by atoms with Crippen LogP contribution < -0.4 is 5.73 Å². The fourth-order valence-electron chi connectivity index (χ4n) is 13.6. The summed E-state index contributed by atoms with van der Waals surface area (Å²) in [4.78, 5) is 65.6. The van der Waals surface area contributed by atoms with E-state index in [-0.39, 0.29) is 6.10 Å². The van der Waals surface area contributed by atoms with Gasteiger partial charge in [0.05, 0.1) is 23.7 Å². The maximum absolute atomic E-state index is 13.8. The number of carbonyl (C=O) groups is 5. The maximum atomic E-state index is 13.8. The van der Waals surface area contributed by atoms with Crippen LogP contribution in [-0.2, 0) is 57.1 Å². The van der Waals surface area contributed by atoms with Gasteiger partial charge in [0.15, 0.2) is 0 Å². The summed E-state index contributed by atoms with van der Waals surface area (Å²) >= 11 is 0. The minimum atomic E-state index is -1.90. The van der Waals surface area contributed by atoms with Crippen LogP contribution in [0.25, 0.3) is 0 Å². The Morgan fingerprint density at radius 1 is 0.824 bits per heavy atom. The number of aliphatic hydroxyl groups excluding tert-OH is 2. The van der Waals surface area contributed by atoms with Crippen LogP contribution in [0.3, 0.4) is 0 Å². The molecule has 4 N–H and O–H groups in total. The van der Waals surface area contributed by atoms with E-state index in [0.717, 1.165) is 0 Å². The molecule has 0 bridgehead atoms. The van der Waals surface area contributed by atoms with Gasteiger partial charge in [0.25, 0.3) is 5.79 Å². The van der Waals surface area contributed by atoms with Gasteiger partial charge >= 0.3 is 29.8 Å². The van der Waals surface area contributed by atoms with Crippen molar-refractivity contribution in [3.05, 3.63) is 0 Å². The normalized spacial score (nSPS) is 58.1. The Kier molecular flexibility index (Phi) is 7.19. The van der Waals surface area contributed by atoms with Gasteiger partial charge in [-0.1, -0.05) is 20.8 Å². The van der Waals surface area contributed by atoms with Crippen LogP contribution in [0.15, 0.2) is 0 Å². The maximum Gasteiger partial charge on any atom is 0.353 e. The van der Waals surface area contributed by atoms with Crippen LogP contribution in [0.5, 0.6) is 0 Å². The minimum absolute atomic E-state index is 0.258. The van der Waals surface area contributed by atoms with Gasteiger partial charge < -0.3 is 49.1 Å². The Morgan fingerprint density at radius 3 is 2.02 bits per heavy atom. The van der Waals surface area contributed by atoms with Gasteiger partial charge in [-0.15, -0.1) is 0 Å². The van der Waals surface area contributed by atoms with Crippen molar-refractivity contribution in [1.82, 2.24) is 0 Å². The molecule has 282 valence electrons. The summed E-state index contributed by atoms with van der Waals surface area (Å²) in [5, 5.41) is 25.2. The predicted molar refractivity (Wildman–Crippen MR) is 168 cm³/mol. The summed E-state index contributed by atoms with van der Waals surface area (Å²) in [6, 6.07) is -0.832. The standard InChI is InChI=1S/C36H49NO14/c1-11-19-22(34(8)35(9,49-15(5)41)31(44)51-36(34)29(11)50-36)24(42)20-18-21(27(46-13(3)39)30(33(19,20)7)47-14(4)40)32(6)16(10-17-25(48-17)28(32)43)23(37)26(18)45-12(2)38/h11,16-30,42-43H,10,37H2,1-9H3/t11-,16+,17-,18?,19-,20+,21?,22-,23-,24+,25-,26+,27-,28-,29+,30-,32-,33+,34-,35+,36-/m0/s1. The quantitative estimate of drug-likeness (QED) is 0.203. The van der Waals surface area contributed by atoms with Crippen LogP contribution in [0.2, 0.25) is 0 Å². The molecule has 5 saturated carbocycles. The van der Waals surface area contributed by atoms with E-state index in [2.05, 4.69) is 0 Å². The monoisotopic (exact) mass is 719 g/mol. The molecule has 0 aromatic heterocycles. The molecule has 5 aliphatic carbocycles. The van der Waals surface area contributed by atoms with E-state index in [9.17, 15) is 34.2 Å². The van der Waals surface area contributed by atoms with Crippen molar-refractivity contribution < 1.29 is 67.3 Å². The number of aliphatic hydroxyl groups is 2. The first-order valence-corrected chi connectivity index (χ1v) is 18.0. The second kappa shape index (κ2) is 10.4. The molecule has 3 saturated heterocycles. The molecular formula is C36H49NO14. The van der Waals surface area contributed by atoms with Gasteiger partial charge in [0.1, 0.15) is 30.5 Å². The van der Waals surface area contributed by atoms with Gasteiger partial charge in [-0.25, -0.2) is 4.79 Å². The highest BCUT2D eigenvalue weighted by molar-refractivity contribution is 5.87. The Balaban J connectivity index is 1.40. The van der Waals surface area contributed by atoms with E-state index in [4.69, 9.17) is 38.9 Å². The average molecular weight is 720 g/mol. The number of rotatable bonds is 4. The van der Waals surface area contributed by atoms with Crippen LogP contribution in [0.4, 0.5) is 0 Å². The van der Waals surface area contributed by atoms with Crippen molar-refractivity contribution in [2.75, 3.05) is 0 Å². The lowest BCUT2D eigenvalue weighted by atomic mass is 9.40. The van der Waals surface area contributed by atoms with Crippen LogP contribution in [0, 0.1) is 57.7 Å². The van der Waals surface area contributed by atoms with Crippen LogP contribution in [-0.4, -0.2) is 106 Å². The third-order valence-corrected chi connectivity index (χ3v) is 15.4. The molecule has 0 aromatic carbocycles. The second-order valence-corrected chi connectivity index (χ2v) is 17.4. The van der Waals surface area contributed by atoms with Crippen molar-refractivity contribution in [2.45, 2.75) is 135 Å². The molecular weight excluding hydrogens is 670 g/mol. The SMILES string of the molecule is CC(=O)O[C@@H]1C2C([C@H](OC(C)=O)[C@H](OC(C)=O)[C@]3(C)[C@H]4[C@H](C)[C@H]5O[C@]56OC(=O)[C@@](C)(OC(C)=O)[C@]6(C)[C@@H]4[C@H](O)[C@@H]23)[C@]2(C)[C@H](C[C@@H]3O[C@@H]3[C@@H]2O)[C@@H]1N. The molecule has 15 heteroatoms. The zero-order valence-electron chi connectivity index (χ0n) is 30.3. The first kappa shape index (κ1) is 35.2. The molecule has 0 radical (unpaired) electrons. The molecule has 0 aromatic rings. The molecule has 8 aliphatic rings. The zero-order valence-corrected chi connectivity index (χ0v) is 30.3. The zero-order chi connectivity index (χ0) is 37.3. The molecule has 8 rings (SSSR count). The highest BCUT2D eigenvalue weighted by atomic mass is 16.8. The summed E-state index contributed by atoms with van der Waals surface area (Å²) < 4.78 is 42.7. The molecule has 8 fully saturated rings. The molecule has 0 amide bonds. The summed E-state index contributed by atoms with van der Waals surface area (Å²) in [5.41, 5.74) is 1.35. The molecule has 51 heavy (non-hydrogen) atoms. The van der Waals surface area contributed by atoms with E-state index in [0.29, 0.717) is 6.42 Å². The first-order chi connectivity index (χ1) is 23.6. The molecule has 3 heterocycles. The first-order valence-electron chi connectivity index (χ1n) is 18.0. The van der Waals surface area contributed by atoms with Gasteiger partial charge in [-0.05, 0) is 38.0 Å². The number of ether oxygens (including phenoxy) is 7. The molecule has 3 aliphatic heterocycles. The molecule has 1 spiro atoms. The van der Waals surface area contributed by atoms with Crippen LogP contribution in [0.1, 0.15) is 68.7 Å². The van der Waals surface area contributed by atoms with E-state index in [1.807, 2.05) is 20.8 Å². The average Bonchev–Trinajstić information content (AvgIpc) is 3.92. The Bertz CT molecular complexity index is 1620. The Morgan fingerprint density at radius 2 is 1.43 bits per heavy atom. The largest absolute Gasteiger partial charge is 0.461 e. The summed E-state index contributed by atoms with van der Waals surface area (Å²) in [7, 11) is 0. The third kappa shape index (κ3) is 3.94. The summed E-state index contributed by atoms with van der Waals surface area (Å²) in [5.74, 6) is -10.1. The van der Waals surface area contributed by atoms with Crippen molar-refractivity contribution in [3.8, 4) is 0 Å².